The lowest BCUT2D eigenvalue weighted by Gasteiger charge is -2.31. The van der Waals surface area contributed by atoms with Crippen LogP contribution in [0.2, 0.25) is 0 Å². The third-order valence-electron chi connectivity index (χ3n) is 4.08. The largest absolute Gasteiger partial charge is 0.497 e. The zero-order chi connectivity index (χ0) is 18.7. The Labute approximate surface area is 165 Å². The van der Waals surface area contributed by atoms with Crippen LogP contribution in [0.25, 0.3) is 0 Å². The quantitative estimate of drug-likeness (QED) is 0.640. The number of methoxy groups -OCH3 is 1. The molecule has 5 nitrogen and oxygen atoms in total. The second-order valence-corrected chi connectivity index (χ2v) is 7.04. The van der Waals surface area contributed by atoms with Crippen LogP contribution in [0.5, 0.6) is 5.75 Å². The maximum Gasteiger partial charge on any atom is 0.255 e. The molecule has 0 radical (unpaired) electrons. The highest BCUT2D eigenvalue weighted by atomic mass is 79.9. The summed E-state index contributed by atoms with van der Waals surface area (Å²) in [6.45, 7) is 1.85. The number of nitrogens with one attached hydrogen (secondary N) is 3. The summed E-state index contributed by atoms with van der Waals surface area (Å²) in [5, 5.41) is 9.65. The molecule has 134 valence electrons. The van der Waals surface area contributed by atoms with E-state index in [1.165, 1.54) is 0 Å². The van der Waals surface area contributed by atoms with E-state index in [0.717, 1.165) is 21.5 Å². The highest BCUT2D eigenvalue weighted by molar-refractivity contribution is 9.10. The average molecular weight is 432 g/mol. The lowest BCUT2D eigenvalue weighted by Crippen LogP contribution is -2.45. The van der Waals surface area contributed by atoms with Crippen molar-refractivity contribution in [3.8, 4) is 5.75 Å². The van der Waals surface area contributed by atoms with Gasteiger partial charge < -0.3 is 20.7 Å². The van der Waals surface area contributed by atoms with E-state index in [0.29, 0.717) is 16.4 Å². The van der Waals surface area contributed by atoms with Gasteiger partial charge >= 0.3 is 0 Å². The van der Waals surface area contributed by atoms with Gasteiger partial charge in [0.05, 0.1) is 18.7 Å². The van der Waals surface area contributed by atoms with Gasteiger partial charge in [-0.05, 0) is 55.0 Å². The third kappa shape index (κ3) is 3.89. The minimum Gasteiger partial charge on any atom is -0.497 e. The molecule has 1 aliphatic rings. The van der Waals surface area contributed by atoms with Gasteiger partial charge in [-0.2, -0.15) is 0 Å². The predicted octanol–water partition coefficient (Wildman–Crippen LogP) is 3.89. The molecule has 1 heterocycles. The van der Waals surface area contributed by atoms with Gasteiger partial charge in [0.25, 0.3) is 5.91 Å². The number of carbonyl (C=O) groups is 1. The highest BCUT2D eigenvalue weighted by Crippen LogP contribution is 2.32. The Balaban J connectivity index is 1.93. The predicted molar refractivity (Wildman–Crippen MR) is 110 cm³/mol. The first-order valence-corrected chi connectivity index (χ1v) is 9.18. The molecule has 0 aliphatic carbocycles. The smallest absolute Gasteiger partial charge is 0.255 e. The Hall–Kier alpha value is -2.38. The number of ether oxygens (including phenoxy) is 1. The molecule has 0 saturated carbocycles. The Kier molecular flexibility index (Phi) is 5.58. The van der Waals surface area contributed by atoms with Gasteiger partial charge in [0.1, 0.15) is 5.75 Å². The van der Waals surface area contributed by atoms with Crippen LogP contribution in [0.4, 0.5) is 5.69 Å². The number of carbonyl (C=O) groups excluding carboxylic acids is 1. The van der Waals surface area contributed by atoms with Gasteiger partial charge in [0.2, 0.25) is 0 Å². The van der Waals surface area contributed by atoms with Crippen LogP contribution in [0.1, 0.15) is 18.5 Å². The molecule has 2 aromatic carbocycles. The van der Waals surface area contributed by atoms with Crippen molar-refractivity contribution in [2.24, 2.45) is 0 Å². The van der Waals surface area contributed by atoms with Crippen molar-refractivity contribution in [2.45, 2.75) is 13.0 Å². The fourth-order valence-corrected chi connectivity index (χ4v) is 3.59. The number of rotatable bonds is 4. The fraction of sp³-hybridized carbons (Fsp3) is 0.158. The number of thiocarbonyl (C=S) groups is 1. The van der Waals surface area contributed by atoms with Crippen molar-refractivity contribution in [3.05, 3.63) is 69.8 Å². The molecule has 3 N–H and O–H groups in total. The van der Waals surface area contributed by atoms with Crippen molar-refractivity contribution in [3.63, 3.8) is 0 Å². The number of benzene rings is 2. The molecule has 1 aliphatic heterocycles. The molecule has 2 aromatic rings. The van der Waals surface area contributed by atoms with Gasteiger partial charge in [-0.25, -0.2) is 0 Å². The zero-order valence-electron chi connectivity index (χ0n) is 14.3. The summed E-state index contributed by atoms with van der Waals surface area (Å²) < 4.78 is 6.05. The number of amides is 1. The Morgan fingerprint density at radius 3 is 2.54 bits per heavy atom. The van der Waals surface area contributed by atoms with Crippen LogP contribution in [-0.4, -0.2) is 18.1 Å². The first kappa shape index (κ1) is 18.4. The normalized spacial score (nSPS) is 16.6. The van der Waals surface area contributed by atoms with Gasteiger partial charge in [0.15, 0.2) is 5.11 Å². The number of halogens is 1. The van der Waals surface area contributed by atoms with Crippen molar-refractivity contribution < 1.29 is 9.53 Å². The monoisotopic (exact) mass is 431 g/mol. The van der Waals surface area contributed by atoms with Crippen LogP contribution in [-0.2, 0) is 4.79 Å². The molecule has 0 spiro atoms. The lowest BCUT2D eigenvalue weighted by molar-refractivity contribution is -0.113. The van der Waals surface area contributed by atoms with E-state index < -0.39 is 0 Å². The van der Waals surface area contributed by atoms with Crippen LogP contribution in [0, 0.1) is 0 Å². The lowest BCUT2D eigenvalue weighted by atomic mass is 9.95. The van der Waals surface area contributed by atoms with Crippen molar-refractivity contribution in [1.82, 2.24) is 10.6 Å². The molecule has 0 bridgehead atoms. The van der Waals surface area contributed by atoms with E-state index in [2.05, 4.69) is 31.9 Å². The summed E-state index contributed by atoms with van der Waals surface area (Å²) in [5.41, 5.74) is 2.94. The fourth-order valence-electron chi connectivity index (χ4n) is 2.81. The summed E-state index contributed by atoms with van der Waals surface area (Å²) in [7, 11) is 1.60. The van der Waals surface area contributed by atoms with Crippen LogP contribution >= 0.6 is 28.1 Å². The van der Waals surface area contributed by atoms with Crippen molar-refractivity contribution >= 4 is 44.9 Å². The van der Waals surface area contributed by atoms with Crippen molar-refractivity contribution in [1.29, 1.82) is 0 Å². The molecule has 0 saturated heterocycles. The Bertz CT molecular complexity index is 881. The summed E-state index contributed by atoms with van der Waals surface area (Å²) in [5.74, 6) is 0.534. The number of anilines is 1. The topological polar surface area (TPSA) is 62.4 Å². The number of hydrogen-bond donors (Lipinski definition) is 3. The summed E-state index contributed by atoms with van der Waals surface area (Å²) in [6.07, 6.45) is 0. The molecule has 7 heteroatoms. The van der Waals surface area contributed by atoms with Gasteiger partial charge in [-0.3, -0.25) is 4.79 Å². The second-order valence-electron chi connectivity index (χ2n) is 5.77. The molecule has 3 rings (SSSR count). The van der Waals surface area contributed by atoms with Crippen LogP contribution in [0.15, 0.2) is 64.3 Å². The number of allylic oxidation sites excluding steroid dienone is 1. The number of hydrogen-bond acceptors (Lipinski definition) is 3. The summed E-state index contributed by atoms with van der Waals surface area (Å²) >= 11 is 8.84. The molecular weight excluding hydrogens is 414 g/mol. The van der Waals surface area contributed by atoms with Crippen LogP contribution < -0.4 is 20.7 Å². The molecule has 0 unspecified atom stereocenters. The van der Waals surface area contributed by atoms with E-state index >= 15 is 0 Å². The SMILES string of the molecule is COc1ccc(NC(=O)C2=C(C)NC(=S)N[C@H]2c2ccccc2Br)cc1. The van der Waals surface area contributed by atoms with E-state index in [-0.39, 0.29) is 11.9 Å². The summed E-state index contributed by atoms with van der Waals surface area (Å²) in [4.78, 5) is 13.0. The molecule has 0 aromatic heterocycles. The van der Waals surface area contributed by atoms with E-state index in [1.807, 2.05) is 31.2 Å². The minimum atomic E-state index is -0.349. The maximum absolute atomic E-state index is 13.0. The van der Waals surface area contributed by atoms with E-state index in [4.69, 9.17) is 17.0 Å². The van der Waals surface area contributed by atoms with E-state index in [9.17, 15) is 4.79 Å². The minimum absolute atomic E-state index is 0.198. The second kappa shape index (κ2) is 7.88. The maximum atomic E-state index is 13.0. The van der Waals surface area contributed by atoms with Gasteiger partial charge in [0, 0.05) is 15.9 Å². The Morgan fingerprint density at radius 1 is 1.19 bits per heavy atom. The van der Waals surface area contributed by atoms with E-state index in [1.54, 1.807) is 31.4 Å². The molecule has 1 atom stereocenters. The van der Waals surface area contributed by atoms with Gasteiger partial charge in [-0.15, -0.1) is 0 Å². The first-order valence-electron chi connectivity index (χ1n) is 7.97. The highest BCUT2D eigenvalue weighted by Gasteiger charge is 2.30. The van der Waals surface area contributed by atoms with Gasteiger partial charge in [-0.1, -0.05) is 34.1 Å². The molecule has 1 amide bonds. The molecule has 26 heavy (non-hydrogen) atoms. The Morgan fingerprint density at radius 2 is 1.88 bits per heavy atom. The van der Waals surface area contributed by atoms with Crippen molar-refractivity contribution in [2.75, 3.05) is 12.4 Å². The standard InChI is InChI=1S/C19H18BrN3O2S/c1-11-16(18(24)22-12-7-9-13(25-2)10-8-12)17(23-19(26)21-11)14-5-3-4-6-15(14)20/h3-10,17H,1-2H3,(H,22,24)(H2,21,23,26)/t17-/m0/s1. The van der Waals surface area contributed by atoms with Crippen LogP contribution in [0.3, 0.4) is 0 Å². The summed E-state index contributed by atoms with van der Waals surface area (Å²) in [6, 6.07) is 14.6. The average Bonchev–Trinajstić information content (AvgIpc) is 2.62. The zero-order valence-corrected chi connectivity index (χ0v) is 16.7. The molecular formula is C19H18BrN3O2S. The molecule has 0 fully saturated rings. The third-order valence-corrected chi connectivity index (χ3v) is 5.02. The first-order chi connectivity index (χ1) is 12.5.